The fourth-order valence-electron chi connectivity index (χ4n) is 4.88. The molecule has 1 nitrogen and oxygen atoms in total. The third-order valence-electron chi connectivity index (χ3n) is 7.06. The Labute approximate surface area is 224 Å². The molecular weight excluding hydrogens is 467 g/mol. The zero-order chi connectivity index (χ0) is 25.2. The standard InChI is InChI=1S/C30H60F3N.ClH/c1-3-5-7-9-11-13-15-17-19-21-23-25-27-34(29-30(31,32)33)28-26-24-22-20-18-16-14-12-10-8-6-4-2;/h3-29H2,1-2H3;1H. The van der Waals surface area contributed by atoms with Gasteiger partial charge in [-0.15, -0.1) is 12.4 Å². The van der Waals surface area contributed by atoms with Crippen LogP contribution in [0.5, 0.6) is 0 Å². The van der Waals surface area contributed by atoms with Crippen LogP contribution in [0, 0.1) is 0 Å². The Morgan fingerprint density at radius 2 is 0.629 bits per heavy atom. The van der Waals surface area contributed by atoms with Gasteiger partial charge in [0.1, 0.15) is 0 Å². The van der Waals surface area contributed by atoms with E-state index in [1.54, 1.807) is 4.90 Å². The lowest BCUT2D eigenvalue weighted by Crippen LogP contribution is -2.35. The van der Waals surface area contributed by atoms with Crippen LogP contribution in [0.3, 0.4) is 0 Å². The van der Waals surface area contributed by atoms with Crippen molar-refractivity contribution in [1.29, 1.82) is 0 Å². The number of halogens is 4. The highest BCUT2D eigenvalue weighted by molar-refractivity contribution is 5.85. The van der Waals surface area contributed by atoms with Crippen LogP contribution in [0.15, 0.2) is 0 Å². The molecule has 0 saturated heterocycles. The monoisotopic (exact) mass is 527 g/mol. The maximum Gasteiger partial charge on any atom is 0.401 e. The smallest absolute Gasteiger partial charge is 0.295 e. The van der Waals surface area contributed by atoms with E-state index in [0.717, 1.165) is 25.7 Å². The van der Waals surface area contributed by atoms with Gasteiger partial charge in [0.05, 0.1) is 6.54 Å². The number of rotatable bonds is 27. The fraction of sp³-hybridized carbons (Fsp3) is 1.00. The molecule has 0 saturated carbocycles. The van der Waals surface area contributed by atoms with Gasteiger partial charge in [-0.3, -0.25) is 4.90 Å². The Hall–Kier alpha value is 0.0400. The molecule has 0 rings (SSSR count). The molecule has 5 heteroatoms. The van der Waals surface area contributed by atoms with Crippen LogP contribution in [0.25, 0.3) is 0 Å². The largest absolute Gasteiger partial charge is 0.401 e. The molecule has 0 N–H and O–H groups in total. The summed E-state index contributed by atoms with van der Waals surface area (Å²) in [5.41, 5.74) is 0. The second kappa shape index (κ2) is 28.6. The maximum absolute atomic E-state index is 13.0. The summed E-state index contributed by atoms with van der Waals surface area (Å²) in [6, 6.07) is 0. The van der Waals surface area contributed by atoms with E-state index >= 15 is 0 Å². The molecule has 0 aliphatic carbocycles. The lowest BCUT2D eigenvalue weighted by molar-refractivity contribution is -0.146. The topological polar surface area (TPSA) is 3.24 Å². The third-order valence-corrected chi connectivity index (χ3v) is 7.06. The molecule has 0 aliphatic heterocycles. The molecule has 0 aliphatic rings. The Morgan fingerprint density at radius 1 is 0.400 bits per heavy atom. The number of nitrogens with zero attached hydrogens (tertiary/aromatic N) is 1. The van der Waals surface area contributed by atoms with E-state index in [1.807, 2.05) is 0 Å². The van der Waals surface area contributed by atoms with Gasteiger partial charge in [0.2, 0.25) is 0 Å². The van der Waals surface area contributed by atoms with Crippen molar-refractivity contribution >= 4 is 12.4 Å². The Balaban J connectivity index is 0. The minimum atomic E-state index is -4.08. The van der Waals surface area contributed by atoms with E-state index < -0.39 is 12.7 Å². The van der Waals surface area contributed by atoms with Crippen LogP contribution in [0.2, 0.25) is 0 Å². The number of hydrogen-bond acceptors (Lipinski definition) is 1. The Morgan fingerprint density at radius 3 is 0.857 bits per heavy atom. The van der Waals surface area contributed by atoms with Gasteiger partial charge in [0.15, 0.2) is 0 Å². The highest BCUT2D eigenvalue weighted by Crippen LogP contribution is 2.19. The zero-order valence-corrected chi connectivity index (χ0v) is 24.4. The molecule has 0 spiro atoms. The minimum absolute atomic E-state index is 0. The average molecular weight is 528 g/mol. The molecule has 35 heavy (non-hydrogen) atoms. The van der Waals surface area contributed by atoms with Gasteiger partial charge in [0, 0.05) is 0 Å². The molecule has 0 heterocycles. The van der Waals surface area contributed by atoms with Crippen LogP contribution in [0.4, 0.5) is 13.2 Å². The summed E-state index contributed by atoms with van der Waals surface area (Å²) in [7, 11) is 0. The van der Waals surface area contributed by atoms with Crippen molar-refractivity contribution in [2.45, 2.75) is 174 Å². The molecule has 0 amide bonds. The van der Waals surface area contributed by atoms with E-state index in [9.17, 15) is 13.2 Å². The molecule has 0 aromatic heterocycles. The van der Waals surface area contributed by atoms with Crippen LogP contribution >= 0.6 is 12.4 Å². The number of hydrogen-bond donors (Lipinski definition) is 0. The van der Waals surface area contributed by atoms with Gasteiger partial charge in [0.25, 0.3) is 0 Å². The minimum Gasteiger partial charge on any atom is -0.295 e. The molecular formula is C30H61ClF3N. The maximum atomic E-state index is 13.0. The van der Waals surface area contributed by atoms with E-state index in [2.05, 4.69) is 13.8 Å². The highest BCUT2D eigenvalue weighted by Gasteiger charge is 2.30. The molecule has 0 fully saturated rings. The number of unbranched alkanes of at least 4 members (excludes halogenated alkanes) is 22. The first-order chi connectivity index (χ1) is 16.5. The highest BCUT2D eigenvalue weighted by atomic mass is 35.5. The Kier molecular flexibility index (Phi) is 30.4. The molecule has 0 atom stereocenters. The normalized spacial score (nSPS) is 11.8. The van der Waals surface area contributed by atoms with Crippen LogP contribution in [-0.2, 0) is 0 Å². The summed E-state index contributed by atoms with van der Waals surface area (Å²) in [6.45, 7) is 4.98. The van der Waals surface area contributed by atoms with Crippen molar-refractivity contribution in [3.63, 3.8) is 0 Å². The molecule has 0 bridgehead atoms. The summed E-state index contributed by atoms with van der Waals surface area (Å²) in [6.07, 6.45) is 26.2. The summed E-state index contributed by atoms with van der Waals surface area (Å²) in [4.78, 5) is 1.66. The first-order valence-corrected chi connectivity index (χ1v) is 15.3. The summed E-state index contributed by atoms with van der Waals surface area (Å²) >= 11 is 0. The van der Waals surface area contributed by atoms with Gasteiger partial charge in [-0.1, -0.05) is 155 Å². The predicted molar refractivity (Wildman–Crippen MR) is 152 cm³/mol. The zero-order valence-electron chi connectivity index (χ0n) is 23.6. The lowest BCUT2D eigenvalue weighted by Gasteiger charge is -2.23. The van der Waals surface area contributed by atoms with E-state index in [-0.39, 0.29) is 12.4 Å². The van der Waals surface area contributed by atoms with Gasteiger partial charge in [-0.05, 0) is 25.9 Å². The van der Waals surface area contributed by atoms with Crippen molar-refractivity contribution in [1.82, 2.24) is 4.90 Å². The van der Waals surface area contributed by atoms with Crippen molar-refractivity contribution in [3.8, 4) is 0 Å². The van der Waals surface area contributed by atoms with Crippen LogP contribution < -0.4 is 0 Å². The predicted octanol–water partition coefficient (Wildman–Crippen LogP) is 11.7. The molecule has 0 unspecified atom stereocenters. The second-order valence-electron chi connectivity index (χ2n) is 10.7. The molecule has 0 aromatic carbocycles. The quantitative estimate of drug-likeness (QED) is 0.0959. The second-order valence-corrected chi connectivity index (χ2v) is 10.7. The van der Waals surface area contributed by atoms with Gasteiger partial charge < -0.3 is 0 Å². The molecule has 0 radical (unpaired) electrons. The van der Waals surface area contributed by atoms with Crippen molar-refractivity contribution < 1.29 is 13.2 Å². The van der Waals surface area contributed by atoms with Gasteiger partial charge in [-0.25, -0.2) is 0 Å². The average Bonchev–Trinajstić information content (AvgIpc) is 2.79. The van der Waals surface area contributed by atoms with Gasteiger partial charge >= 0.3 is 6.18 Å². The molecule has 214 valence electrons. The van der Waals surface area contributed by atoms with Crippen molar-refractivity contribution in [2.24, 2.45) is 0 Å². The summed E-state index contributed by atoms with van der Waals surface area (Å²) < 4.78 is 38.9. The van der Waals surface area contributed by atoms with E-state index in [4.69, 9.17) is 0 Å². The first-order valence-electron chi connectivity index (χ1n) is 15.3. The number of alkyl halides is 3. The fourth-order valence-corrected chi connectivity index (χ4v) is 4.88. The molecule has 0 aromatic rings. The van der Waals surface area contributed by atoms with E-state index in [1.165, 1.54) is 128 Å². The third kappa shape index (κ3) is 32.0. The van der Waals surface area contributed by atoms with Gasteiger partial charge in [-0.2, -0.15) is 13.2 Å². The first kappa shape index (κ1) is 37.2. The Bertz CT molecular complexity index is 362. The van der Waals surface area contributed by atoms with Crippen molar-refractivity contribution in [2.75, 3.05) is 19.6 Å². The van der Waals surface area contributed by atoms with Crippen LogP contribution in [0.1, 0.15) is 168 Å². The summed E-state index contributed by atoms with van der Waals surface area (Å²) in [5, 5.41) is 0. The van der Waals surface area contributed by atoms with Crippen molar-refractivity contribution in [3.05, 3.63) is 0 Å². The van der Waals surface area contributed by atoms with Crippen LogP contribution in [-0.4, -0.2) is 30.7 Å². The van der Waals surface area contributed by atoms with E-state index in [0.29, 0.717) is 13.1 Å². The lowest BCUT2D eigenvalue weighted by atomic mass is 10.0. The summed E-state index contributed by atoms with van der Waals surface area (Å²) in [5.74, 6) is 0. The SMILES string of the molecule is CCCCCCCCCCCCCCN(CCCCCCCCCCCCCC)CC(F)(F)F.Cl.